The van der Waals surface area contributed by atoms with Crippen molar-refractivity contribution < 1.29 is 18.1 Å². The van der Waals surface area contributed by atoms with Crippen molar-refractivity contribution in [3.05, 3.63) is 0 Å². The van der Waals surface area contributed by atoms with Crippen LogP contribution in [0.25, 0.3) is 0 Å². The molecule has 6 heteroatoms. The second-order valence-corrected chi connectivity index (χ2v) is 18.0. The van der Waals surface area contributed by atoms with Gasteiger partial charge < -0.3 is 13.3 Å². The molecule has 2 fully saturated rings. The Morgan fingerprint density at radius 3 is 1.86 bits per heavy atom. The summed E-state index contributed by atoms with van der Waals surface area (Å²) < 4.78 is 19.3. The van der Waals surface area contributed by atoms with Crippen molar-refractivity contribution in [2.75, 3.05) is 13.2 Å². The van der Waals surface area contributed by atoms with Crippen molar-refractivity contribution in [1.29, 1.82) is 0 Å². The lowest BCUT2D eigenvalue weighted by Gasteiger charge is -2.50. The minimum absolute atomic E-state index is 0.0382. The molecule has 4 nitrogen and oxygen atoms in total. The Morgan fingerprint density at radius 2 is 1.48 bits per heavy atom. The summed E-state index contributed by atoms with van der Waals surface area (Å²) in [7, 11) is -3.87. The van der Waals surface area contributed by atoms with Gasteiger partial charge in [0.25, 0.3) is 14.3 Å². The van der Waals surface area contributed by atoms with Crippen LogP contribution in [-0.4, -0.2) is 36.8 Å². The van der Waals surface area contributed by atoms with E-state index in [0.717, 1.165) is 12.8 Å². The molecule has 0 saturated heterocycles. The Morgan fingerprint density at radius 1 is 1.00 bits per heavy atom. The largest absolute Gasteiger partial charge is 0.518 e. The van der Waals surface area contributed by atoms with E-state index in [2.05, 4.69) is 55.4 Å². The molecule has 4 unspecified atom stereocenters. The second-order valence-electron chi connectivity index (χ2n) is 10.6. The van der Waals surface area contributed by atoms with Crippen LogP contribution in [0.1, 0.15) is 88.5 Å². The first-order chi connectivity index (χ1) is 13.4. The molecule has 0 aromatic rings. The van der Waals surface area contributed by atoms with Gasteiger partial charge in [0.15, 0.2) is 0 Å². The highest BCUT2D eigenvalue weighted by Crippen LogP contribution is 2.73. The highest BCUT2D eigenvalue weighted by atomic mass is 28.4. The summed E-state index contributed by atoms with van der Waals surface area (Å²) in [5.41, 5.74) is 0.673. The molecule has 2 saturated carbocycles. The molecule has 0 aliphatic heterocycles. The van der Waals surface area contributed by atoms with E-state index in [4.69, 9.17) is 13.3 Å². The highest BCUT2D eigenvalue weighted by molar-refractivity contribution is 6.79. The molecule has 0 aromatic heterocycles. The molecule has 0 spiro atoms. The molecule has 29 heavy (non-hydrogen) atoms. The molecular weight excluding hydrogens is 396 g/mol. The van der Waals surface area contributed by atoms with Gasteiger partial charge in [-0.2, -0.15) is 0 Å². The zero-order valence-corrected chi connectivity index (χ0v) is 22.6. The molecule has 0 N–H and O–H groups in total. The van der Waals surface area contributed by atoms with Crippen molar-refractivity contribution in [2.24, 2.45) is 17.3 Å². The third-order valence-electron chi connectivity index (χ3n) is 8.16. The Bertz CT molecular complexity index is 551. The van der Waals surface area contributed by atoms with Crippen LogP contribution in [-0.2, 0) is 18.1 Å². The van der Waals surface area contributed by atoms with E-state index in [-0.39, 0.29) is 11.0 Å². The monoisotopic (exact) mass is 441 g/mol. The number of hydrogen-bond donors (Lipinski definition) is 0. The van der Waals surface area contributed by atoms with Gasteiger partial charge in [0.1, 0.15) is 0 Å². The van der Waals surface area contributed by atoms with E-state index < -0.39 is 23.0 Å². The van der Waals surface area contributed by atoms with Crippen LogP contribution in [0.2, 0.25) is 21.7 Å². The fourth-order valence-corrected chi connectivity index (χ4v) is 15.1. The van der Waals surface area contributed by atoms with Gasteiger partial charge in [-0.25, -0.2) is 0 Å². The Kier molecular flexibility index (Phi) is 7.90. The van der Waals surface area contributed by atoms with Crippen LogP contribution >= 0.6 is 0 Å². The topological polar surface area (TPSA) is 44.8 Å². The number of rotatable bonds is 10. The van der Waals surface area contributed by atoms with Crippen LogP contribution in [0.3, 0.4) is 0 Å². The fourth-order valence-electron chi connectivity index (χ4n) is 7.09. The first-order valence-electron chi connectivity index (χ1n) is 11.8. The summed E-state index contributed by atoms with van der Waals surface area (Å²) in [6, 6.07) is 0. The molecule has 0 amide bonds. The van der Waals surface area contributed by atoms with Crippen molar-refractivity contribution in [3.8, 4) is 0 Å². The van der Waals surface area contributed by atoms with Gasteiger partial charge >= 0.3 is 9.28 Å². The molecule has 2 aliphatic rings. The quantitative estimate of drug-likeness (QED) is 0.365. The lowest BCUT2D eigenvalue weighted by molar-refractivity contribution is -0.151. The van der Waals surface area contributed by atoms with Gasteiger partial charge in [0, 0.05) is 18.3 Å². The molecule has 4 atom stereocenters. The smallest absolute Gasteiger partial charge is 0.392 e. The molecule has 2 bridgehead atoms. The first-order valence-corrected chi connectivity index (χ1v) is 15.3. The maximum absolute atomic E-state index is 14.1. The van der Waals surface area contributed by atoms with Crippen LogP contribution in [0, 0.1) is 17.3 Å². The van der Waals surface area contributed by atoms with Crippen molar-refractivity contribution >= 4 is 23.6 Å². The summed E-state index contributed by atoms with van der Waals surface area (Å²) in [5.74, 6) is 1.05. The summed E-state index contributed by atoms with van der Waals surface area (Å²) in [6.45, 7) is 23.3. The average Bonchev–Trinajstić information content (AvgIpc) is 3.10. The molecule has 2 aliphatic carbocycles. The van der Waals surface area contributed by atoms with Crippen LogP contribution in [0.5, 0.6) is 0 Å². The standard InChI is InChI=1S/C23H45O4Si2/c1-11-25-28(26-12-2)23-15-20(13-19(23)9)14-22(23,10)21(24)27-29(16(3)4,17(5)6)18(7)8/h16-20H,11-15H2,1-10H3. The van der Waals surface area contributed by atoms with Crippen molar-refractivity contribution in [1.82, 2.24) is 0 Å². The molecule has 0 heterocycles. The normalized spacial score (nSPS) is 32.2. The van der Waals surface area contributed by atoms with E-state index in [1.807, 2.05) is 13.8 Å². The van der Waals surface area contributed by atoms with Crippen LogP contribution in [0.15, 0.2) is 0 Å². The minimum atomic E-state index is -2.28. The Labute approximate surface area is 182 Å². The predicted octanol–water partition coefficient (Wildman–Crippen LogP) is 6.46. The molecule has 1 radical (unpaired) electrons. The number of carbonyl (C=O) groups is 1. The minimum Gasteiger partial charge on any atom is -0.518 e. The summed E-state index contributed by atoms with van der Waals surface area (Å²) in [5, 5.41) is -0.198. The zero-order chi connectivity index (χ0) is 22.2. The maximum atomic E-state index is 14.1. The summed E-state index contributed by atoms with van der Waals surface area (Å²) in [6.07, 6.45) is 3.15. The summed E-state index contributed by atoms with van der Waals surface area (Å²) >= 11 is 0. The van der Waals surface area contributed by atoms with Gasteiger partial charge in [-0.15, -0.1) is 0 Å². The highest BCUT2D eigenvalue weighted by Gasteiger charge is 2.72. The van der Waals surface area contributed by atoms with Crippen molar-refractivity contribution in [3.63, 3.8) is 0 Å². The SMILES string of the molecule is CCO[Si](OCC)C12CC(CC1C)CC2(C)C(=O)O[Si](C(C)C)(C(C)C)C(C)C. The van der Waals surface area contributed by atoms with Gasteiger partial charge in [0.2, 0.25) is 0 Å². The van der Waals surface area contributed by atoms with E-state index in [1.165, 1.54) is 6.42 Å². The second kappa shape index (κ2) is 9.13. The van der Waals surface area contributed by atoms with Crippen LogP contribution in [0.4, 0.5) is 0 Å². The molecule has 169 valence electrons. The molecular formula is C23H45O4Si2. The van der Waals surface area contributed by atoms with Crippen LogP contribution < -0.4 is 0 Å². The number of hydrogen-bond acceptors (Lipinski definition) is 4. The fraction of sp³-hybridized carbons (Fsp3) is 0.957. The van der Waals surface area contributed by atoms with E-state index in [9.17, 15) is 4.79 Å². The lowest BCUT2D eigenvalue weighted by Crippen LogP contribution is -2.57. The third kappa shape index (κ3) is 3.81. The Balaban J connectivity index is 2.48. The number of carbonyl (C=O) groups excluding carboxylic acids is 1. The van der Waals surface area contributed by atoms with Gasteiger partial charge in [0.05, 0.1) is 5.41 Å². The molecule has 0 aromatic carbocycles. The molecule has 2 rings (SSSR count). The number of fused-ring (bicyclic) bond motifs is 2. The van der Waals surface area contributed by atoms with Gasteiger partial charge in [-0.3, -0.25) is 4.79 Å². The third-order valence-corrected chi connectivity index (χ3v) is 17.2. The van der Waals surface area contributed by atoms with E-state index in [1.54, 1.807) is 0 Å². The lowest BCUT2D eigenvalue weighted by atomic mass is 9.69. The van der Waals surface area contributed by atoms with Gasteiger partial charge in [-0.1, -0.05) is 48.5 Å². The van der Waals surface area contributed by atoms with Gasteiger partial charge in [-0.05, 0) is 68.5 Å². The summed E-state index contributed by atoms with van der Waals surface area (Å²) in [4.78, 5) is 14.1. The van der Waals surface area contributed by atoms with Crippen molar-refractivity contribution in [2.45, 2.75) is 110 Å². The average molecular weight is 442 g/mol. The van der Waals surface area contributed by atoms with E-state index in [0.29, 0.717) is 41.7 Å². The zero-order valence-electron chi connectivity index (χ0n) is 20.6. The first kappa shape index (κ1) is 25.1. The predicted molar refractivity (Wildman–Crippen MR) is 123 cm³/mol. The Hall–Kier alpha value is -0.176. The maximum Gasteiger partial charge on any atom is 0.392 e. The van der Waals surface area contributed by atoms with E-state index >= 15 is 0 Å².